The van der Waals surface area contributed by atoms with Gasteiger partial charge in [-0.15, -0.1) is 0 Å². The molecule has 1 aliphatic heterocycles. The zero-order valence-corrected chi connectivity index (χ0v) is 16.4. The summed E-state index contributed by atoms with van der Waals surface area (Å²) in [6.45, 7) is 5.54. The van der Waals surface area contributed by atoms with E-state index in [0.29, 0.717) is 38.0 Å². The summed E-state index contributed by atoms with van der Waals surface area (Å²) in [5, 5.41) is 2.67. The minimum absolute atomic E-state index is 0.208. The Morgan fingerprint density at radius 2 is 2.04 bits per heavy atom. The molecular formula is C19H26BNO7. The molecule has 2 rings (SSSR count). The third-order valence-corrected chi connectivity index (χ3v) is 4.64. The number of esters is 2. The van der Waals surface area contributed by atoms with Crippen molar-refractivity contribution in [2.75, 3.05) is 13.4 Å². The normalized spacial score (nSPS) is 15.4. The average molecular weight is 391 g/mol. The van der Waals surface area contributed by atoms with Crippen molar-refractivity contribution in [2.45, 2.75) is 46.0 Å². The Kier molecular flexibility index (Phi) is 8.31. The molecule has 1 aromatic carbocycles. The molecule has 8 nitrogen and oxygen atoms in total. The fraction of sp³-hybridized carbons (Fsp3) is 0.526. The van der Waals surface area contributed by atoms with Crippen molar-refractivity contribution in [1.29, 1.82) is 0 Å². The highest BCUT2D eigenvalue weighted by molar-refractivity contribution is 6.48. The number of rotatable bonds is 10. The van der Waals surface area contributed by atoms with E-state index in [9.17, 15) is 14.4 Å². The molecule has 0 aromatic heterocycles. The van der Waals surface area contributed by atoms with Gasteiger partial charge in [-0.25, -0.2) is 4.79 Å². The van der Waals surface area contributed by atoms with Crippen LogP contribution < -0.4 is 9.97 Å². The molecule has 0 bridgehead atoms. The standard InChI is InChI=1S/C19H26BNO7/c1-4-13(5-2)18(23)25-12-26-19(24)15-9-7-8-14-10-16(21-11-22)20(27-6-3)28-17(14)15/h7-9,11,13,16H,4-6,10,12H2,1-3H3,(H,21,22). The number of benzene rings is 1. The third-order valence-electron chi connectivity index (χ3n) is 4.64. The van der Waals surface area contributed by atoms with Gasteiger partial charge < -0.3 is 24.1 Å². The maximum atomic E-state index is 12.5. The molecule has 152 valence electrons. The Morgan fingerprint density at radius 1 is 1.29 bits per heavy atom. The quantitative estimate of drug-likeness (QED) is 0.281. The van der Waals surface area contributed by atoms with Gasteiger partial charge in [0.1, 0.15) is 11.3 Å². The predicted molar refractivity (Wildman–Crippen MR) is 102 cm³/mol. The molecule has 1 aromatic rings. The molecule has 9 heteroatoms. The molecule has 1 aliphatic rings. The van der Waals surface area contributed by atoms with Crippen molar-refractivity contribution >= 4 is 25.5 Å². The summed E-state index contributed by atoms with van der Waals surface area (Å²) in [5.74, 6) is -1.27. The molecule has 0 saturated carbocycles. The first-order chi connectivity index (χ1) is 13.5. The van der Waals surface area contributed by atoms with Gasteiger partial charge in [-0.2, -0.15) is 0 Å². The van der Waals surface area contributed by atoms with Crippen LogP contribution >= 0.6 is 0 Å². The van der Waals surface area contributed by atoms with Gasteiger partial charge in [0.25, 0.3) is 0 Å². The van der Waals surface area contributed by atoms with Crippen molar-refractivity contribution < 1.29 is 33.2 Å². The second-order valence-electron chi connectivity index (χ2n) is 6.36. The first-order valence-corrected chi connectivity index (χ1v) is 9.49. The van der Waals surface area contributed by atoms with Crippen LogP contribution in [-0.4, -0.2) is 44.8 Å². The van der Waals surface area contributed by atoms with Gasteiger partial charge >= 0.3 is 19.1 Å². The Hall–Kier alpha value is -2.55. The lowest BCUT2D eigenvalue weighted by molar-refractivity contribution is -0.157. The molecule has 1 unspecified atom stereocenters. The first-order valence-electron chi connectivity index (χ1n) is 9.49. The van der Waals surface area contributed by atoms with Crippen LogP contribution in [0.5, 0.6) is 5.75 Å². The van der Waals surface area contributed by atoms with Gasteiger partial charge in [-0.05, 0) is 37.8 Å². The number of carbonyl (C=O) groups is 3. The number of para-hydroxylation sites is 1. The molecule has 0 saturated heterocycles. The lowest BCUT2D eigenvalue weighted by atomic mass is 9.71. The Labute approximate surface area is 165 Å². The summed E-state index contributed by atoms with van der Waals surface area (Å²) < 4.78 is 21.5. The Balaban J connectivity index is 2.07. The van der Waals surface area contributed by atoms with Crippen LogP contribution in [0.3, 0.4) is 0 Å². The third kappa shape index (κ3) is 5.25. The molecular weight excluding hydrogens is 365 g/mol. The number of carbonyl (C=O) groups excluding carboxylic acids is 3. The number of amides is 1. The fourth-order valence-corrected chi connectivity index (χ4v) is 3.07. The zero-order chi connectivity index (χ0) is 20.5. The topological polar surface area (TPSA) is 100 Å². The maximum absolute atomic E-state index is 12.5. The molecule has 1 atom stereocenters. The maximum Gasteiger partial charge on any atom is 0.549 e. The minimum atomic E-state index is -0.718. The summed E-state index contributed by atoms with van der Waals surface area (Å²) in [6, 6.07) is 5.08. The van der Waals surface area contributed by atoms with Crippen LogP contribution in [0.1, 0.15) is 49.5 Å². The van der Waals surface area contributed by atoms with Crippen molar-refractivity contribution in [3.8, 4) is 5.75 Å². The van der Waals surface area contributed by atoms with Gasteiger partial charge in [0.15, 0.2) is 0 Å². The van der Waals surface area contributed by atoms with E-state index in [1.807, 2.05) is 20.8 Å². The summed E-state index contributed by atoms with van der Waals surface area (Å²) >= 11 is 0. The fourth-order valence-electron chi connectivity index (χ4n) is 3.07. The largest absolute Gasteiger partial charge is 0.549 e. The summed E-state index contributed by atoms with van der Waals surface area (Å²) in [7, 11) is -0.718. The van der Waals surface area contributed by atoms with Crippen LogP contribution in [-0.2, 0) is 30.1 Å². The molecule has 0 aliphatic carbocycles. The van der Waals surface area contributed by atoms with Crippen molar-refractivity contribution in [2.24, 2.45) is 5.92 Å². The van der Waals surface area contributed by atoms with E-state index in [0.717, 1.165) is 5.56 Å². The van der Waals surface area contributed by atoms with Crippen molar-refractivity contribution in [3.63, 3.8) is 0 Å². The van der Waals surface area contributed by atoms with Crippen LogP contribution in [0, 0.1) is 5.92 Å². The molecule has 1 amide bonds. The van der Waals surface area contributed by atoms with E-state index in [4.69, 9.17) is 18.8 Å². The van der Waals surface area contributed by atoms with Crippen LogP contribution in [0.15, 0.2) is 18.2 Å². The van der Waals surface area contributed by atoms with E-state index >= 15 is 0 Å². The summed E-state index contributed by atoms with van der Waals surface area (Å²) in [6.07, 6.45) is 2.37. The van der Waals surface area contributed by atoms with Gasteiger partial charge in [-0.1, -0.05) is 26.0 Å². The molecule has 1 N–H and O–H groups in total. The predicted octanol–water partition coefficient (Wildman–Crippen LogP) is 1.89. The average Bonchev–Trinajstić information content (AvgIpc) is 2.69. The van der Waals surface area contributed by atoms with Crippen molar-refractivity contribution in [3.05, 3.63) is 29.3 Å². The van der Waals surface area contributed by atoms with Crippen LogP contribution in [0.2, 0.25) is 0 Å². The second kappa shape index (κ2) is 10.7. The van der Waals surface area contributed by atoms with E-state index < -0.39 is 19.9 Å². The monoisotopic (exact) mass is 391 g/mol. The van der Waals surface area contributed by atoms with E-state index in [-0.39, 0.29) is 23.4 Å². The minimum Gasteiger partial charge on any atom is -0.534 e. The number of nitrogens with one attached hydrogen (secondary N) is 1. The highest BCUT2D eigenvalue weighted by Gasteiger charge is 2.39. The lowest BCUT2D eigenvalue weighted by Gasteiger charge is -2.30. The van der Waals surface area contributed by atoms with Crippen molar-refractivity contribution in [1.82, 2.24) is 5.32 Å². The van der Waals surface area contributed by atoms with Crippen LogP contribution in [0.25, 0.3) is 0 Å². The van der Waals surface area contributed by atoms with E-state index in [1.165, 1.54) is 0 Å². The summed E-state index contributed by atoms with van der Waals surface area (Å²) in [4.78, 5) is 35.2. The smallest absolute Gasteiger partial charge is 0.534 e. The number of ether oxygens (including phenoxy) is 2. The molecule has 28 heavy (non-hydrogen) atoms. The number of fused-ring (bicyclic) bond motifs is 1. The zero-order valence-electron chi connectivity index (χ0n) is 16.4. The van der Waals surface area contributed by atoms with E-state index in [2.05, 4.69) is 5.32 Å². The highest BCUT2D eigenvalue weighted by Crippen LogP contribution is 2.31. The van der Waals surface area contributed by atoms with Gasteiger partial charge in [-0.3, -0.25) is 9.59 Å². The summed E-state index contributed by atoms with van der Waals surface area (Å²) in [5.41, 5.74) is 0.962. The Morgan fingerprint density at radius 3 is 2.68 bits per heavy atom. The van der Waals surface area contributed by atoms with Gasteiger partial charge in [0.2, 0.25) is 13.2 Å². The number of hydrogen-bond acceptors (Lipinski definition) is 7. The highest BCUT2D eigenvalue weighted by atomic mass is 16.7. The lowest BCUT2D eigenvalue weighted by Crippen LogP contribution is -2.52. The SMILES string of the molecule is CCOB1Oc2c(cccc2C(=O)OCOC(=O)C(CC)CC)CC1NC=O. The first kappa shape index (κ1) is 21.8. The Bertz CT molecular complexity index is 693. The van der Waals surface area contributed by atoms with E-state index in [1.54, 1.807) is 18.2 Å². The van der Waals surface area contributed by atoms with Gasteiger partial charge in [0.05, 0.1) is 11.9 Å². The van der Waals surface area contributed by atoms with Gasteiger partial charge in [0, 0.05) is 6.61 Å². The number of hydrogen-bond donors (Lipinski definition) is 1. The van der Waals surface area contributed by atoms with Crippen LogP contribution in [0.4, 0.5) is 0 Å². The molecule has 0 fully saturated rings. The molecule has 0 spiro atoms. The molecule has 1 heterocycles. The molecule has 0 radical (unpaired) electrons. The second-order valence-corrected chi connectivity index (χ2v) is 6.36.